The molecule has 2 atom stereocenters. The molecule has 0 saturated carbocycles. The molecule has 0 fully saturated rings. The van der Waals surface area contributed by atoms with Crippen molar-refractivity contribution in [3.8, 4) is 0 Å². The molecule has 1 aromatic carbocycles. The number of hydrogen-bond donors (Lipinski definition) is 3. The van der Waals surface area contributed by atoms with Crippen LogP contribution in [0.4, 0.5) is 11.4 Å². The van der Waals surface area contributed by atoms with Crippen LogP contribution in [0.2, 0.25) is 0 Å². The monoisotopic (exact) mass is 439 g/mol. The normalized spacial score (nSPS) is 12.9. The second-order valence-electron chi connectivity index (χ2n) is 7.66. The van der Waals surface area contributed by atoms with Crippen molar-refractivity contribution in [2.75, 3.05) is 6.61 Å². The van der Waals surface area contributed by atoms with E-state index in [9.17, 15) is 35.2 Å². The molecule has 1 aromatic rings. The number of carbonyl (C=O) groups excluding carboxylic acids is 1. The molecule has 1 rings (SSSR count). The second-order valence-corrected chi connectivity index (χ2v) is 7.66. The first-order chi connectivity index (χ1) is 14.8. The van der Waals surface area contributed by atoms with Crippen molar-refractivity contribution >= 4 is 17.3 Å². The molecule has 0 aliphatic carbocycles. The molecule has 0 heterocycles. The largest absolute Gasteiger partial charge is 0.394 e. The molecule has 0 spiro atoms. The molecule has 0 radical (unpaired) electrons. The Balaban J connectivity index is 2.53. The lowest BCUT2D eigenvalue weighted by Crippen LogP contribution is -2.46. The van der Waals surface area contributed by atoms with Crippen LogP contribution in [0, 0.1) is 20.2 Å². The lowest BCUT2D eigenvalue weighted by Gasteiger charge is -2.22. The molecule has 10 heteroatoms. The molecule has 10 nitrogen and oxygen atoms in total. The second kappa shape index (κ2) is 14.4. The van der Waals surface area contributed by atoms with E-state index in [2.05, 4.69) is 12.2 Å². The standard InChI is InChI=1S/C21H33N3O7/c1-2-3-4-5-6-7-8-9-10-11-20(26)18(15-25)22-21(27)17-13-12-16(23(28)29)14-19(17)24(30)31/h12-14,18,20,25-26H,2-11,15H2,1H3,(H,22,27). The number of benzene rings is 1. The van der Waals surface area contributed by atoms with E-state index in [1.165, 1.54) is 32.1 Å². The van der Waals surface area contributed by atoms with Crippen LogP contribution in [0.25, 0.3) is 0 Å². The maximum atomic E-state index is 12.4. The maximum absolute atomic E-state index is 12.4. The molecule has 174 valence electrons. The third kappa shape index (κ3) is 9.39. The predicted octanol–water partition coefficient (Wildman–Crippen LogP) is 3.88. The summed E-state index contributed by atoms with van der Waals surface area (Å²) in [6.45, 7) is 1.64. The fourth-order valence-corrected chi connectivity index (χ4v) is 3.35. The van der Waals surface area contributed by atoms with Crippen LogP contribution in [-0.2, 0) is 0 Å². The molecule has 0 aliphatic rings. The minimum Gasteiger partial charge on any atom is -0.394 e. The lowest BCUT2D eigenvalue weighted by molar-refractivity contribution is -0.394. The van der Waals surface area contributed by atoms with Crippen LogP contribution in [0.15, 0.2) is 18.2 Å². The number of unbranched alkanes of at least 4 members (excludes halogenated alkanes) is 8. The zero-order valence-electron chi connectivity index (χ0n) is 18.0. The first kappa shape index (κ1) is 26.4. The molecule has 3 N–H and O–H groups in total. The van der Waals surface area contributed by atoms with E-state index in [4.69, 9.17) is 0 Å². The average Bonchev–Trinajstić information content (AvgIpc) is 2.75. The van der Waals surface area contributed by atoms with Crippen LogP contribution < -0.4 is 5.32 Å². The summed E-state index contributed by atoms with van der Waals surface area (Å²) < 4.78 is 0. The minimum atomic E-state index is -1.00. The molecule has 31 heavy (non-hydrogen) atoms. The summed E-state index contributed by atoms with van der Waals surface area (Å²) in [5, 5.41) is 44.2. The molecule has 0 bridgehead atoms. The Morgan fingerprint density at radius 2 is 1.58 bits per heavy atom. The fourth-order valence-electron chi connectivity index (χ4n) is 3.35. The maximum Gasteiger partial charge on any atom is 0.289 e. The SMILES string of the molecule is CCCCCCCCCCCC(O)C(CO)NC(=O)c1ccc([N+](=O)[O-])cc1[N+](=O)[O-]. The van der Waals surface area contributed by atoms with Crippen LogP contribution in [-0.4, -0.2) is 44.7 Å². The summed E-state index contributed by atoms with van der Waals surface area (Å²) in [5.41, 5.74) is -1.59. The highest BCUT2D eigenvalue weighted by atomic mass is 16.6. The number of carbonyl (C=O) groups is 1. The Morgan fingerprint density at radius 1 is 1.00 bits per heavy atom. The van der Waals surface area contributed by atoms with Gasteiger partial charge in [-0.1, -0.05) is 64.7 Å². The number of aliphatic hydroxyl groups excluding tert-OH is 2. The first-order valence-corrected chi connectivity index (χ1v) is 10.8. The summed E-state index contributed by atoms with van der Waals surface area (Å²) in [6, 6.07) is 1.71. The third-order valence-electron chi connectivity index (χ3n) is 5.21. The molecule has 0 aromatic heterocycles. The summed E-state index contributed by atoms with van der Waals surface area (Å²) in [4.78, 5) is 32.8. The van der Waals surface area contributed by atoms with Gasteiger partial charge in [-0.2, -0.15) is 0 Å². The topological polar surface area (TPSA) is 156 Å². The van der Waals surface area contributed by atoms with E-state index in [1.807, 2.05) is 0 Å². The third-order valence-corrected chi connectivity index (χ3v) is 5.21. The fraction of sp³-hybridized carbons (Fsp3) is 0.667. The van der Waals surface area contributed by atoms with Crippen LogP contribution in [0.5, 0.6) is 0 Å². The molecular formula is C21H33N3O7. The molecule has 0 saturated heterocycles. The van der Waals surface area contributed by atoms with Crippen molar-refractivity contribution in [3.63, 3.8) is 0 Å². The van der Waals surface area contributed by atoms with Crippen LogP contribution in [0.1, 0.15) is 81.5 Å². The van der Waals surface area contributed by atoms with Gasteiger partial charge in [-0.3, -0.25) is 25.0 Å². The van der Waals surface area contributed by atoms with Gasteiger partial charge in [0, 0.05) is 6.07 Å². The number of rotatable bonds is 16. The number of nitrogens with zero attached hydrogens (tertiary/aromatic N) is 2. The van der Waals surface area contributed by atoms with Gasteiger partial charge in [-0.15, -0.1) is 0 Å². The van der Waals surface area contributed by atoms with Crippen molar-refractivity contribution in [2.24, 2.45) is 0 Å². The Morgan fingerprint density at radius 3 is 2.10 bits per heavy atom. The van der Waals surface area contributed by atoms with Crippen molar-refractivity contribution < 1.29 is 24.9 Å². The Labute approximate surface area is 182 Å². The highest BCUT2D eigenvalue weighted by Crippen LogP contribution is 2.25. The van der Waals surface area contributed by atoms with Gasteiger partial charge in [-0.25, -0.2) is 0 Å². The molecule has 1 amide bonds. The first-order valence-electron chi connectivity index (χ1n) is 10.8. The van der Waals surface area contributed by atoms with Crippen molar-refractivity contribution in [3.05, 3.63) is 44.0 Å². The van der Waals surface area contributed by atoms with Gasteiger partial charge in [-0.05, 0) is 12.5 Å². The summed E-state index contributed by atoms with van der Waals surface area (Å²) in [5.74, 6) is -0.883. The van der Waals surface area contributed by atoms with Gasteiger partial charge < -0.3 is 15.5 Å². The average molecular weight is 440 g/mol. The van der Waals surface area contributed by atoms with E-state index in [0.717, 1.165) is 37.8 Å². The predicted molar refractivity (Wildman–Crippen MR) is 116 cm³/mol. The molecule has 2 unspecified atom stereocenters. The smallest absolute Gasteiger partial charge is 0.289 e. The van der Waals surface area contributed by atoms with E-state index < -0.39 is 45.9 Å². The van der Waals surface area contributed by atoms with Crippen molar-refractivity contribution in [2.45, 2.75) is 83.3 Å². The lowest BCUT2D eigenvalue weighted by atomic mass is 10.0. The highest BCUT2D eigenvalue weighted by molar-refractivity contribution is 5.98. The molecule has 0 aliphatic heterocycles. The van der Waals surface area contributed by atoms with E-state index in [-0.39, 0.29) is 5.56 Å². The number of hydrogen-bond acceptors (Lipinski definition) is 7. The van der Waals surface area contributed by atoms with E-state index in [1.54, 1.807) is 0 Å². The zero-order valence-corrected chi connectivity index (χ0v) is 18.0. The van der Waals surface area contributed by atoms with Gasteiger partial charge in [0.25, 0.3) is 17.3 Å². The van der Waals surface area contributed by atoms with Gasteiger partial charge in [0.1, 0.15) is 5.56 Å². The number of non-ortho nitro benzene ring substituents is 1. The van der Waals surface area contributed by atoms with Crippen LogP contribution in [0.3, 0.4) is 0 Å². The van der Waals surface area contributed by atoms with Gasteiger partial charge in [0.15, 0.2) is 0 Å². The number of aliphatic hydroxyl groups is 2. The van der Waals surface area contributed by atoms with Crippen molar-refractivity contribution in [1.29, 1.82) is 0 Å². The van der Waals surface area contributed by atoms with Gasteiger partial charge in [0.2, 0.25) is 0 Å². The zero-order chi connectivity index (χ0) is 23.2. The summed E-state index contributed by atoms with van der Waals surface area (Å²) in [6.07, 6.45) is 9.44. The number of nitro benzene ring substituents is 2. The summed E-state index contributed by atoms with van der Waals surface area (Å²) in [7, 11) is 0. The minimum absolute atomic E-state index is 0.371. The Kier molecular flexibility index (Phi) is 12.3. The molecular weight excluding hydrogens is 406 g/mol. The number of amides is 1. The number of nitrogens with one attached hydrogen (secondary N) is 1. The van der Waals surface area contributed by atoms with Crippen LogP contribution >= 0.6 is 0 Å². The van der Waals surface area contributed by atoms with Gasteiger partial charge >= 0.3 is 0 Å². The van der Waals surface area contributed by atoms with Crippen molar-refractivity contribution in [1.82, 2.24) is 5.32 Å². The quantitative estimate of drug-likeness (QED) is 0.200. The Bertz CT molecular complexity index is 727. The van der Waals surface area contributed by atoms with Gasteiger partial charge in [0.05, 0.1) is 34.7 Å². The highest BCUT2D eigenvalue weighted by Gasteiger charge is 2.27. The summed E-state index contributed by atoms with van der Waals surface area (Å²) >= 11 is 0. The van der Waals surface area contributed by atoms with E-state index in [0.29, 0.717) is 12.5 Å². The number of nitro groups is 2. The Hall–Kier alpha value is -2.59. The van der Waals surface area contributed by atoms with E-state index >= 15 is 0 Å².